The van der Waals surface area contributed by atoms with Gasteiger partial charge in [0.05, 0.1) is 32.2 Å². The average molecular weight is 301 g/mol. The van der Waals surface area contributed by atoms with E-state index >= 15 is 0 Å². The Hall–Kier alpha value is -1.90. The van der Waals surface area contributed by atoms with Gasteiger partial charge in [0, 0.05) is 25.3 Å². The van der Waals surface area contributed by atoms with Crippen LogP contribution in [0.3, 0.4) is 0 Å². The Kier molecular flexibility index (Phi) is 5.93. The van der Waals surface area contributed by atoms with Gasteiger partial charge >= 0.3 is 0 Å². The van der Waals surface area contributed by atoms with Crippen LogP contribution in [0, 0.1) is 25.2 Å². The van der Waals surface area contributed by atoms with Crippen LogP contribution in [0.5, 0.6) is 0 Å². The number of nitriles is 1. The number of nitrogens with zero attached hydrogens (tertiary/aromatic N) is 3. The van der Waals surface area contributed by atoms with Crippen molar-refractivity contribution in [1.82, 2.24) is 4.90 Å². The summed E-state index contributed by atoms with van der Waals surface area (Å²) in [5.74, 6) is 0.0437. The Morgan fingerprint density at radius 1 is 1.27 bits per heavy atom. The number of rotatable bonds is 5. The molecule has 1 aromatic rings. The highest BCUT2D eigenvalue weighted by Gasteiger charge is 2.20. The minimum Gasteiger partial charge on any atom is -0.379 e. The predicted molar refractivity (Wildman–Crippen MR) is 85.8 cm³/mol. The fourth-order valence-corrected chi connectivity index (χ4v) is 2.70. The number of carbonyl (C=O) groups is 1. The number of hydrogen-bond donors (Lipinski definition) is 0. The summed E-state index contributed by atoms with van der Waals surface area (Å²) in [7, 11) is 0. The number of benzene rings is 1. The lowest BCUT2D eigenvalue weighted by Crippen LogP contribution is -2.45. The van der Waals surface area contributed by atoms with Gasteiger partial charge in [0.25, 0.3) is 0 Å². The van der Waals surface area contributed by atoms with Crippen LogP contribution in [0.25, 0.3) is 0 Å². The lowest BCUT2D eigenvalue weighted by molar-refractivity contribution is -0.120. The molecule has 1 aromatic carbocycles. The minimum atomic E-state index is 0.0437. The van der Waals surface area contributed by atoms with E-state index in [4.69, 9.17) is 10.00 Å². The van der Waals surface area contributed by atoms with Crippen molar-refractivity contribution in [2.75, 3.05) is 44.3 Å². The van der Waals surface area contributed by atoms with Crippen molar-refractivity contribution in [3.05, 3.63) is 29.3 Å². The third-order valence-electron chi connectivity index (χ3n) is 3.73. The van der Waals surface area contributed by atoms with Gasteiger partial charge in [-0.2, -0.15) is 5.26 Å². The summed E-state index contributed by atoms with van der Waals surface area (Å²) < 4.78 is 5.31. The zero-order valence-electron chi connectivity index (χ0n) is 13.3. The zero-order chi connectivity index (χ0) is 15.9. The highest BCUT2D eigenvalue weighted by Crippen LogP contribution is 2.19. The monoisotopic (exact) mass is 301 g/mol. The molecule has 0 N–H and O–H groups in total. The van der Waals surface area contributed by atoms with Gasteiger partial charge in [-0.25, -0.2) is 0 Å². The van der Waals surface area contributed by atoms with E-state index in [1.54, 1.807) is 4.90 Å². The summed E-state index contributed by atoms with van der Waals surface area (Å²) in [6.45, 7) is 7.76. The second kappa shape index (κ2) is 7.92. The molecule has 1 saturated heterocycles. The zero-order valence-corrected chi connectivity index (χ0v) is 13.3. The van der Waals surface area contributed by atoms with Crippen LogP contribution in [-0.4, -0.2) is 50.2 Å². The number of hydrogen-bond acceptors (Lipinski definition) is 4. The maximum Gasteiger partial charge on any atom is 0.241 e. The average Bonchev–Trinajstić information content (AvgIpc) is 2.47. The molecule has 1 amide bonds. The first kappa shape index (κ1) is 16.5. The molecular formula is C17H23N3O2. The second-order valence-electron chi connectivity index (χ2n) is 5.69. The third-order valence-corrected chi connectivity index (χ3v) is 3.73. The highest BCUT2D eigenvalue weighted by molar-refractivity contribution is 5.95. The fourth-order valence-electron chi connectivity index (χ4n) is 2.70. The molecule has 118 valence electrons. The first-order chi connectivity index (χ1) is 10.6. The maximum atomic E-state index is 12.7. The Balaban J connectivity index is 2.13. The molecule has 1 fully saturated rings. The quantitative estimate of drug-likeness (QED) is 0.833. The molecule has 5 nitrogen and oxygen atoms in total. The standard InChI is InChI=1S/C17H23N3O2/c1-14-10-15(2)12-16(11-14)20(5-3-4-18)17(21)13-19-6-8-22-9-7-19/h10-12H,3,5-9,13H2,1-2H3. The van der Waals surface area contributed by atoms with Crippen molar-refractivity contribution in [1.29, 1.82) is 5.26 Å². The SMILES string of the molecule is Cc1cc(C)cc(N(CCC#N)C(=O)CN2CCOCC2)c1. The molecular weight excluding hydrogens is 278 g/mol. The van der Waals surface area contributed by atoms with Crippen LogP contribution < -0.4 is 4.90 Å². The van der Waals surface area contributed by atoms with E-state index < -0.39 is 0 Å². The van der Waals surface area contributed by atoms with Crippen molar-refractivity contribution < 1.29 is 9.53 Å². The second-order valence-corrected chi connectivity index (χ2v) is 5.69. The maximum absolute atomic E-state index is 12.7. The summed E-state index contributed by atoms with van der Waals surface area (Å²) >= 11 is 0. The molecule has 0 atom stereocenters. The largest absolute Gasteiger partial charge is 0.379 e. The molecule has 0 aliphatic carbocycles. The molecule has 1 aliphatic heterocycles. The lowest BCUT2D eigenvalue weighted by atomic mass is 10.1. The summed E-state index contributed by atoms with van der Waals surface area (Å²) in [5, 5.41) is 8.86. The van der Waals surface area contributed by atoms with Gasteiger partial charge in [0.2, 0.25) is 5.91 Å². The number of ether oxygens (including phenoxy) is 1. The van der Waals surface area contributed by atoms with E-state index in [1.807, 2.05) is 26.0 Å². The van der Waals surface area contributed by atoms with Crippen molar-refractivity contribution in [3.63, 3.8) is 0 Å². The van der Waals surface area contributed by atoms with Crippen molar-refractivity contribution in [3.8, 4) is 6.07 Å². The molecule has 5 heteroatoms. The predicted octanol–water partition coefficient (Wildman–Crippen LogP) is 1.88. The minimum absolute atomic E-state index is 0.0437. The molecule has 0 spiro atoms. The van der Waals surface area contributed by atoms with E-state index in [1.165, 1.54) is 0 Å². The Morgan fingerprint density at radius 3 is 2.50 bits per heavy atom. The summed E-state index contributed by atoms with van der Waals surface area (Å²) in [4.78, 5) is 16.5. The molecule has 0 unspecified atom stereocenters. The number of carbonyl (C=O) groups excluding carboxylic acids is 1. The van der Waals surface area contributed by atoms with Gasteiger partial charge in [-0.3, -0.25) is 9.69 Å². The van der Waals surface area contributed by atoms with Gasteiger partial charge in [0.1, 0.15) is 0 Å². The normalized spacial score (nSPS) is 15.3. The lowest BCUT2D eigenvalue weighted by Gasteiger charge is -2.29. The fraction of sp³-hybridized carbons (Fsp3) is 0.529. The van der Waals surface area contributed by atoms with Crippen LogP contribution in [-0.2, 0) is 9.53 Å². The van der Waals surface area contributed by atoms with Gasteiger partial charge in [0.15, 0.2) is 0 Å². The Bertz CT molecular complexity index is 539. The summed E-state index contributed by atoms with van der Waals surface area (Å²) in [6, 6.07) is 8.21. The van der Waals surface area contributed by atoms with Crippen LogP contribution in [0.1, 0.15) is 17.5 Å². The Morgan fingerprint density at radius 2 is 1.91 bits per heavy atom. The topological polar surface area (TPSA) is 56.6 Å². The number of amides is 1. The number of anilines is 1. The number of morpholine rings is 1. The van der Waals surface area contributed by atoms with Crippen LogP contribution in [0.4, 0.5) is 5.69 Å². The first-order valence-electron chi connectivity index (χ1n) is 7.66. The number of aryl methyl sites for hydroxylation is 2. The smallest absolute Gasteiger partial charge is 0.241 e. The van der Waals surface area contributed by atoms with E-state index in [9.17, 15) is 4.79 Å². The van der Waals surface area contributed by atoms with E-state index in [2.05, 4.69) is 17.0 Å². The van der Waals surface area contributed by atoms with Gasteiger partial charge in [-0.05, 0) is 37.1 Å². The molecule has 0 radical (unpaired) electrons. The van der Waals surface area contributed by atoms with E-state index in [0.717, 1.165) is 29.9 Å². The molecule has 1 aliphatic rings. The van der Waals surface area contributed by atoms with Crippen molar-refractivity contribution in [2.24, 2.45) is 0 Å². The highest BCUT2D eigenvalue weighted by atomic mass is 16.5. The summed E-state index contributed by atoms with van der Waals surface area (Å²) in [5.41, 5.74) is 3.12. The molecule has 2 rings (SSSR count). The molecule has 22 heavy (non-hydrogen) atoms. The summed E-state index contributed by atoms with van der Waals surface area (Å²) in [6.07, 6.45) is 0.335. The van der Waals surface area contributed by atoms with Crippen molar-refractivity contribution in [2.45, 2.75) is 20.3 Å². The molecule has 1 heterocycles. The van der Waals surface area contributed by atoms with Crippen LogP contribution in [0.15, 0.2) is 18.2 Å². The van der Waals surface area contributed by atoms with Gasteiger partial charge in [-0.15, -0.1) is 0 Å². The van der Waals surface area contributed by atoms with Gasteiger partial charge in [-0.1, -0.05) is 6.07 Å². The molecule has 0 saturated carbocycles. The van der Waals surface area contributed by atoms with Crippen molar-refractivity contribution >= 4 is 11.6 Å². The van der Waals surface area contributed by atoms with Gasteiger partial charge < -0.3 is 9.64 Å². The molecule has 0 aromatic heterocycles. The Labute approximate surface area is 132 Å². The molecule has 0 bridgehead atoms. The van der Waals surface area contributed by atoms with E-state index in [0.29, 0.717) is 32.7 Å². The van der Waals surface area contributed by atoms with Crippen LogP contribution >= 0.6 is 0 Å². The first-order valence-corrected chi connectivity index (χ1v) is 7.66. The van der Waals surface area contributed by atoms with E-state index in [-0.39, 0.29) is 5.91 Å². The van der Waals surface area contributed by atoms with Crippen LogP contribution in [0.2, 0.25) is 0 Å². The third kappa shape index (κ3) is 4.55.